The van der Waals surface area contributed by atoms with Gasteiger partial charge in [0.05, 0.1) is 37.0 Å². The Morgan fingerprint density at radius 2 is 0.885 bits per heavy atom. The van der Waals surface area contributed by atoms with Gasteiger partial charge in [0.15, 0.2) is 0 Å². The van der Waals surface area contributed by atoms with Crippen LogP contribution in [0.3, 0.4) is 0 Å². The maximum Gasteiger partial charge on any atom is 0.119 e. The highest BCUT2D eigenvalue weighted by Crippen LogP contribution is 2.26. The molecule has 0 aliphatic rings. The van der Waals surface area contributed by atoms with Crippen molar-refractivity contribution < 1.29 is 9.47 Å². The van der Waals surface area contributed by atoms with Gasteiger partial charge in [-0.05, 0) is 66.7 Å². The Labute approximate surface area is 151 Å². The van der Waals surface area contributed by atoms with E-state index in [9.17, 15) is 0 Å². The van der Waals surface area contributed by atoms with Gasteiger partial charge in [-0.2, -0.15) is 20.5 Å². The average Bonchev–Trinajstić information content (AvgIpc) is 2.72. The first kappa shape index (κ1) is 17.3. The lowest BCUT2D eigenvalue weighted by Crippen LogP contribution is -1.79. The highest BCUT2D eigenvalue weighted by atomic mass is 16.5. The van der Waals surface area contributed by atoms with E-state index < -0.39 is 0 Å². The van der Waals surface area contributed by atoms with E-state index in [1.54, 1.807) is 14.2 Å². The molecule has 0 bridgehead atoms. The van der Waals surface area contributed by atoms with E-state index in [1.807, 2.05) is 72.8 Å². The maximum atomic E-state index is 5.12. The summed E-state index contributed by atoms with van der Waals surface area (Å²) in [5, 5.41) is 16.9. The molecule has 6 heteroatoms. The molecular formula is C20H18N4O2. The van der Waals surface area contributed by atoms with Crippen LogP contribution in [0, 0.1) is 0 Å². The van der Waals surface area contributed by atoms with Gasteiger partial charge in [-0.15, -0.1) is 0 Å². The molecule has 3 aromatic rings. The van der Waals surface area contributed by atoms with Gasteiger partial charge in [-0.25, -0.2) is 0 Å². The van der Waals surface area contributed by atoms with Gasteiger partial charge in [0.2, 0.25) is 0 Å². The predicted octanol–water partition coefficient (Wildman–Crippen LogP) is 6.53. The van der Waals surface area contributed by atoms with Gasteiger partial charge in [0, 0.05) is 0 Å². The summed E-state index contributed by atoms with van der Waals surface area (Å²) in [6, 6.07) is 22.1. The van der Waals surface area contributed by atoms with E-state index in [2.05, 4.69) is 20.5 Å². The molecule has 0 radical (unpaired) electrons. The van der Waals surface area contributed by atoms with E-state index in [4.69, 9.17) is 9.47 Å². The van der Waals surface area contributed by atoms with Crippen LogP contribution in [-0.2, 0) is 0 Å². The third-order valence-electron chi connectivity index (χ3n) is 3.54. The fourth-order valence-electron chi connectivity index (χ4n) is 2.15. The van der Waals surface area contributed by atoms with Crippen molar-refractivity contribution in [1.29, 1.82) is 0 Å². The lowest BCUT2D eigenvalue weighted by Gasteiger charge is -1.99. The van der Waals surface area contributed by atoms with Crippen LogP contribution in [0.5, 0.6) is 11.5 Å². The molecule has 0 aliphatic heterocycles. The number of azo groups is 2. The fraction of sp³-hybridized carbons (Fsp3) is 0.100. The van der Waals surface area contributed by atoms with Crippen molar-refractivity contribution in [2.45, 2.75) is 0 Å². The summed E-state index contributed by atoms with van der Waals surface area (Å²) >= 11 is 0. The van der Waals surface area contributed by atoms with E-state index in [0.717, 1.165) is 22.9 Å². The number of rotatable bonds is 6. The lowest BCUT2D eigenvalue weighted by atomic mass is 10.3. The number of nitrogens with zero attached hydrogens (tertiary/aromatic N) is 4. The summed E-state index contributed by atoms with van der Waals surface area (Å²) < 4.78 is 10.2. The molecule has 3 rings (SSSR count). The van der Waals surface area contributed by atoms with Crippen molar-refractivity contribution in [2.75, 3.05) is 14.2 Å². The van der Waals surface area contributed by atoms with E-state index in [0.29, 0.717) is 11.4 Å². The molecule has 130 valence electrons. The van der Waals surface area contributed by atoms with Crippen LogP contribution < -0.4 is 9.47 Å². The molecule has 26 heavy (non-hydrogen) atoms. The van der Waals surface area contributed by atoms with Crippen molar-refractivity contribution in [3.8, 4) is 11.5 Å². The Morgan fingerprint density at radius 1 is 0.500 bits per heavy atom. The Balaban J connectivity index is 1.70. The molecule has 0 aliphatic carbocycles. The molecule has 0 heterocycles. The quantitative estimate of drug-likeness (QED) is 0.476. The zero-order valence-electron chi connectivity index (χ0n) is 14.5. The molecule has 0 aromatic heterocycles. The first-order valence-corrected chi connectivity index (χ1v) is 7.98. The minimum absolute atomic E-state index is 0.701. The van der Waals surface area contributed by atoms with Crippen LogP contribution in [0.15, 0.2) is 93.3 Å². The zero-order chi connectivity index (χ0) is 18.2. The Kier molecular flexibility index (Phi) is 5.67. The highest BCUT2D eigenvalue weighted by Gasteiger charge is 1.96. The number of hydrogen-bond acceptors (Lipinski definition) is 6. The van der Waals surface area contributed by atoms with Crippen LogP contribution >= 0.6 is 0 Å². The third kappa shape index (κ3) is 4.73. The minimum Gasteiger partial charge on any atom is -0.497 e. The summed E-state index contributed by atoms with van der Waals surface area (Å²) in [7, 11) is 3.25. The number of hydrogen-bond donors (Lipinski definition) is 0. The lowest BCUT2D eigenvalue weighted by molar-refractivity contribution is 0.414. The molecule has 0 saturated heterocycles. The number of ether oxygens (including phenoxy) is 2. The molecule has 0 unspecified atom stereocenters. The smallest absolute Gasteiger partial charge is 0.119 e. The topological polar surface area (TPSA) is 67.9 Å². The maximum absolute atomic E-state index is 5.12. The minimum atomic E-state index is 0.701. The van der Waals surface area contributed by atoms with Gasteiger partial charge in [0.1, 0.15) is 11.5 Å². The second-order valence-corrected chi connectivity index (χ2v) is 5.32. The molecule has 0 amide bonds. The number of benzene rings is 3. The largest absolute Gasteiger partial charge is 0.497 e. The molecule has 0 fully saturated rings. The first-order chi connectivity index (χ1) is 12.8. The Hall–Kier alpha value is -3.54. The monoisotopic (exact) mass is 346 g/mol. The standard InChI is InChI=1S/C20H18N4O2/c1-25-19-10-6-15(7-11-19)21-23-17-4-3-5-18(14-17)24-22-16-8-12-20(26-2)13-9-16/h3-14H,1-2H3. The number of methoxy groups -OCH3 is 2. The fourth-order valence-corrected chi connectivity index (χ4v) is 2.15. The van der Waals surface area contributed by atoms with Gasteiger partial charge >= 0.3 is 0 Å². The molecule has 3 aromatic carbocycles. The summed E-state index contributed by atoms with van der Waals surface area (Å²) in [4.78, 5) is 0. The second-order valence-electron chi connectivity index (χ2n) is 5.32. The van der Waals surface area contributed by atoms with Crippen molar-refractivity contribution >= 4 is 22.7 Å². The highest BCUT2D eigenvalue weighted by molar-refractivity contribution is 5.51. The summed E-state index contributed by atoms with van der Waals surface area (Å²) in [5.41, 5.74) is 2.89. The molecule has 0 spiro atoms. The van der Waals surface area contributed by atoms with Crippen molar-refractivity contribution in [3.63, 3.8) is 0 Å². The zero-order valence-corrected chi connectivity index (χ0v) is 14.5. The summed E-state index contributed by atoms with van der Waals surface area (Å²) in [5.74, 6) is 1.56. The van der Waals surface area contributed by atoms with Gasteiger partial charge in [-0.1, -0.05) is 6.07 Å². The Bertz CT molecular complexity index is 831. The SMILES string of the molecule is COc1ccc(N=Nc2cccc(N=Nc3ccc(OC)cc3)c2)cc1. The van der Waals surface area contributed by atoms with Crippen molar-refractivity contribution in [2.24, 2.45) is 20.5 Å². The normalized spacial score (nSPS) is 11.2. The molecular weight excluding hydrogens is 328 g/mol. The predicted molar refractivity (Wildman–Crippen MR) is 101 cm³/mol. The van der Waals surface area contributed by atoms with Crippen molar-refractivity contribution in [3.05, 3.63) is 72.8 Å². The molecule has 0 N–H and O–H groups in total. The molecule has 0 saturated carbocycles. The van der Waals surface area contributed by atoms with Crippen LogP contribution in [0.2, 0.25) is 0 Å². The summed E-state index contributed by atoms with van der Waals surface area (Å²) in [6.07, 6.45) is 0. The van der Waals surface area contributed by atoms with Crippen molar-refractivity contribution in [1.82, 2.24) is 0 Å². The van der Waals surface area contributed by atoms with Crippen LogP contribution in [0.4, 0.5) is 22.7 Å². The first-order valence-electron chi connectivity index (χ1n) is 7.98. The third-order valence-corrected chi connectivity index (χ3v) is 3.54. The van der Waals surface area contributed by atoms with Crippen LogP contribution in [-0.4, -0.2) is 14.2 Å². The Morgan fingerprint density at radius 3 is 1.27 bits per heavy atom. The van der Waals surface area contributed by atoms with Gasteiger partial charge < -0.3 is 9.47 Å². The summed E-state index contributed by atoms with van der Waals surface area (Å²) in [6.45, 7) is 0. The average molecular weight is 346 g/mol. The van der Waals surface area contributed by atoms with Crippen LogP contribution in [0.25, 0.3) is 0 Å². The van der Waals surface area contributed by atoms with Gasteiger partial charge in [-0.3, -0.25) is 0 Å². The molecule has 0 atom stereocenters. The van der Waals surface area contributed by atoms with E-state index in [1.165, 1.54) is 0 Å². The van der Waals surface area contributed by atoms with Gasteiger partial charge in [0.25, 0.3) is 0 Å². The van der Waals surface area contributed by atoms with E-state index in [-0.39, 0.29) is 0 Å². The van der Waals surface area contributed by atoms with E-state index >= 15 is 0 Å². The second kappa shape index (κ2) is 8.53. The van der Waals surface area contributed by atoms with Crippen LogP contribution in [0.1, 0.15) is 0 Å². The molecule has 6 nitrogen and oxygen atoms in total.